The van der Waals surface area contributed by atoms with E-state index in [1.54, 1.807) is 19.5 Å². The van der Waals surface area contributed by atoms with E-state index in [0.717, 1.165) is 38.3 Å². The van der Waals surface area contributed by atoms with Crippen molar-refractivity contribution in [3.8, 4) is 5.75 Å². The standard InChI is InChI=1S/C22H26N4OS/c1-6-22(26-15-18-7-9-19(27-5)10-8-18)25-14-16(2)28-20-11-12-24-21(13-20)17(3)23-4/h6-14,23,26H,2-3,15H2,1,4-5H3/b22-6+,25-14-. The van der Waals surface area contributed by atoms with Crippen molar-refractivity contribution in [2.24, 2.45) is 4.99 Å². The third-order valence-electron chi connectivity index (χ3n) is 3.85. The molecule has 0 atom stereocenters. The molecule has 0 amide bonds. The van der Waals surface area contributed by atoms with Gasteiger partial charge in [-0.2, -0.15) is 0 Å². The summed E-state index contributed by atoms with van der Waals surface area (Å²) in [7, 11) is 3.49. The lowest BCUT2D eigenvalue weighted by Gasteiger charge is -2.08. The number of methoxy groups -OCH3 is 1. The van der Waals surface area contributed by atoms with Gasteiger partial charge in [-0.25, -0.2) is 4.99 Å². The third-order valence-corrected chi connectivity index (χ3v) is 4.70. The fourth-order valence-corrected chi connectivity index (χ4v) is 2.95. The Morgan fingerprint density at radius 3 is 2.64 bits per heavy atom. The Morgan fingerprint density at radius 2 is 2.00 bits per heavy atom. The second-order valence-electron chi connectivity index (χ2n) is 5.81. The third kappa shape index (κ3) is 6.63. The van der Waals surface area contributed by atoms with Crippen LogP contribution in [-0.4, -0.2) is 25.4 Å². The first kappa shape index (κ1) is 21.3. The Kier molecular flexibility index (Phi) is 8.37. The Bertz CT molecular complexity index is 872. The van der Waals surface area contributed by atoms with Crippen LogP contribution in [0.15, 0.2) is 82.4 Å². The molecule has 1 heterocycles. The lowest BCUT2D eigenvalue weighted by Crippen LogP contribution is -2.11. The number of aliphatic imine (C=N–C) groups is 1. The van der Waals surface area contributed by atoms with Crippen LogP contribution in [0, 0.1) is 0 Å². The second kappa shape index (κ2) is 11.0. The number of thioether (sulfide) groups is 1. The van der Waals surface area contributed by atoms with Gasteiger partial charge in [0.05, 0.1) is 18.5 Å². The summed E-state index contributed by atoms with van der Waals surface area (Å²) in [5.41, 5.74) is 2.74. The van der Waals surface area contributed by atoms with Gasteiger partial charge in [0.25, 0.3) is 0 Å². The van der Waals surface area contributed by atoms with Crippen LogP contribution in [-0.2, 0) is 6.54 Å². The first-order chi connectivity index (χ1) is 13.5. The Morgan fingerprint density at radius 1 is 1.25 bits per heavy atom. The highest BCUT2D eigenvalue weighted by atomic mass is 32.2. The van der Waals surface area contributed by atoms with Gasteiger partial charge in [-0.3, -0.25) is 4.98 Å². The van der Waals surface area contributed by atoms with Crippen LogP contribution >= 0.6 is 11.8 Å². The molecule has 6 heteroatoms. The van der Waals surface area contributed by atoms with Crippen molar-refractivity contribution in [2.75, 3.05) is 14.2 Å². The molecule has 0 fully saturated rings. The van der Waals surface area contributed by atoms with E-state index in [9.17, 15) is 0 Å². The first-order valence-corrected chi connectivity index (χ1v) is 9.64. The van der Waals surface area contributed by atoms with E-state index in [4.69, 9.17) is 4.74 Å². The fourth-order valence-electron chi connectivity index (χ4n) is 2.25. The summed E-state index contributed by atoms with van der Waals surface area (Å²) in [5, 5.41) is 6.32. The number of hydrogen-bond acceptors (Lipinski definition) is 6. The zero-order valence-electron chi connectivity index (χ0n) is 16.5. The van der Waals surface area contributed by atoms with E-state index >= 15 is 0 Å². The number of pyridine rings is 1. The van der Waals surface area contributed by atoms with E-state index in [-0.39, 0.29) is 0 Å². The maximum Gasteiger partial charge on any atom is 0.121 e. The number of ether oxygens (including phenoxy) is 1. The molecule has 0 saturated carbocycles. The van der Waals surface area contributed by atoms with Gasteiger partial charge in [0.2, 0.25) is 0 Å². The number of allylic oxidation sites excluding steroid dienone is 2. The molecule has 2 aromatic rings. The zero-order valence-corrected chi connectivity index (χ0v) is 17.3. The van der Waals surface area contributed by atoms with E-state index in [1.165, 1.54) is 11.8 Å². The van der Waals surface area contributed by atoms with Crippen molar-refractivity contribution < 1.29 is 4.74 Å². The lowest BCUT2D eigenvalue weighted by atomic mass is 10.2. The monoisotopic (exact) mass is 394 g/mol. The largest absolute Gasteiger partial charge is 0.497 e. The molecule has 146 valence electrons. The molecule has 1 aromatic carbocycles. The highest BCUT2D eigenvalue weighted by molar-refractivity contribution is 8.03. The molecule has 0 aliphatic carbocycles. The highest BCUT2D eigenvalue weighted by Gasteiger charge is 2.02. The summed E-state index contributed by atoms with van der Waals surface area (Å²) < 4.78 is 5.18. The maximum absolute atomic E-state index is 5.18. The summed E-state index contributed by atoms with van der Waals surface area (Å²) in [6.45, 7) is 10.6. The fraction of sp³-hybridized carbons (Fsp3) is 0.182. The van der Waals surface area contributed by atoms with Gasteiger partial charge in [0, 0.05) is 35.8 Å². The van der Waals surface area contributed by atoms with Crippen LogP contribution in [0.1, 0.15) is 18.2 Å². The van der Waals surface area contributed by atoms with E-state index < -0.39 is 0 Å². The molecular formula is C22H26N4OS. The number of rotatable bonds is 10. The van der Waals surface area contributed by atoms with Gasteiger partial charge in [0.1, 0.15) is 11.6 Å². The van der Waals surface area contributed by atoms with Crippen molar-refractivity contribution in [2.45, 2.75) is 18.4 Å². The molecule has 0 unspecified atom stereocenters. The van der Waals surface area contributed by atoms with E-state index in [2.05, 4.69) is 33.8 Å². The molecule has 0 aliphatic rings. The Labute approximate surface area is 171 Å². The SMILES string of the molecule is C=C(/C=N\C(=C/C)NCc1ccc(OC)cc1)Sc1ccnc(C(=C)NC)c1. The summed E-state index contributed by atoms with van der Waals surface area (Å²) in [4.78, 5) is 10.7. The van der Waals surface area contributed by atoms with Crippen LogP contribution in [0.3, 0.4) is 0 Å². The Hall–Kier alpha value is -2.99. The van der Waals surface area contributed by atoms with Gasteiger partial charge >= 0.3 is 0 Å². The zero-order chi connectivity index (χ0) is 20.4. The van der Waals surface area contributed by atoms with Crippen molar-refractivity contribution in [3.05, 3.63) is 83.8 Å². The molecule has 0 bridgehead atoms. The quantitative estimate of drug-likeness (QED) is 0.455. The predicted octanol–water partition coefficient (Wildman–Crippen LogP) is 4.61. The van der Waals surface area contributed by atoms with Crippen LogP contribution in [0.5, 0.6) is 5.75 Å². The molecule has 0 saturated heterocycles. The average Bonchev–Trinajstić information content (AvgIpc) is 2.73. The topological polar surface area (TPSA) is 58.5 Å². The number of aromatic nitrogens is 1. The minimum atomic E-state index is 0.681. The van der Waals surface area contributed by atoms with E-state index in [1.807, 2.05) is 56.4 Å². The van der Waals surface area contributed by atoms with Gasteiger partial charge in [-0.1, -0.05) is 37.1 Å². The molecule has 28 heavy (non-hydrogen) atoms. The molecule has 1 aromatic heterocycles. The van der Waals surface area contributed by atoms with Gasteiger partial charge in [-0.15, -0.1) is 0 Å². The Balaban J connectivity index is 1.91. The molecule has 5 nitrogen and oxygen atoms in total. The van der Waals surface area contributed by atoms with Gasteiger partial charge in [0.15, 0.2) is 0 Å². The first-order valence-electron chi connectivity index (χ1n) is 8.82. The van der Waals surface area contributed by atoms with Crippen LogP contribution in [0.2, 0.25) is 0 Å². The normalized spacial score (nSPS) is 11.3. The van der Waals surface area contributed by atoms with E-state index in [0.29, 0.717) is 6.54 Å². The van der Waals surface area contributed by atoms with Crippen molar-refractivity contribution in [3.63, 3.8) is 0 Å². The van der Waals surface area contributed by atoms with Gasteiger partial charge < -0.3 is 15.4 Å². The molecule has 2 rings (SSSR count). The van der Waals surface area contributed by atoms with Crippen molar-refractivity contribution in [1.82, 2.24) is 15.6 Å². The minimum absolute atomic E-state index is 0.681. The average molecular weight is 395 g/mol. The van der Waals surface area contributed by atoms with Crippen molar-refractivity contribution >= 4 is 23.7 Å². The number of benzene rings is 1. The molecule has 0 aliphatic heterocycles. The molecule has 2 N–H and O–H groups in total. The predicted molar refractivity (Wildman–Crippen MR) is 119 cm³/mol. The highest BCUT2D eigenvalue weighted by Crippen LogP contribution is 2.25. The molecule has 0 radical (unpaired) electrons. The minimum Gasteiger partial charge on any atom is -0.497 e. The van der Waals surface area contributed by atoms with Crippen LogP contribution in [0.25, 0.3) is 5.70 Å². The molecular weight excluding hydrogens is 368 g/mol. The van der Waals surface area contributed by atoms with Crippen molar-refractivity contribution in [1.29, 1.82) is 0 Å². The number of hydrogen-bond donors (Lipinski definition) is 2. The molecule has 0 spiro atoms. The summed E-state index contributed by atoms with van der Waals surface area (Å²) >= 11 is 1.54. The maximum atomic E-state index is 5.18. The van der Waals surface area contributed by atoms with Crippen LogP contribution < -0.4 is 15.4 Å². The number of nitrogens with zero attached hydrogens (tertiary/aromatic N) is 2. The summed E-state index contributed by atoms with van der Waals surface area (Å²) in [6, 6.07) is 11.9. The van der Waals surface area contributed by atoms with Gasteiger partial charge in [-0.05, 0) is 42.8 Å². The van der Waals surface area contributed by atoms with Crippen LogP contribution in [0.4, 0.5) is 0 Å². The number of nitrogens with one attached hydrogen (secondary N) is 2. The second-order valence-corrected chi connectivity index (χ2v) is 7.01. The smallest absolute Gasteiger partial charge is 0.121 e. The lowest BCUT2D eigenvalue weighted by molar-refractivity contribution is 0.414. The summed E-state index contributed by atoms with van der Waals surface area (Å²) in [5.74, 6) is 1.63. The summed E-state index contributed by atoms with van der Waals surface area (Å²) in [6.07, 6.45) is 5.45.